The van der Waals surface area contributed by atoms with E-state index in [2.05, 4.69) is 5.32 Å². The van der Waals surface area contributed by atoms with Crippen molar-refractivity contribution >= 4 is 17.8 Å². The fourth-order valence-electron chi connectivity index (χ4n) is 3.34. The standard InChI is InChI=1S/C22H24FN3O5/c1-14(2)20(26-19(27)11-24-22(26)29)21(28)25(30)13-31-12-15-6-8-16(9-7-15)17-4-3-5-18(23)10-17/h3-10,14,20,30H,11-13H2,1-2H3,(H,24,29). The number of nitrogens with zero attached hydrogens (tertiary/aromatic N) is 2. The van der Waals surface area contributed by atoms with Crippen molar-refractivity contribution in [3.05, 3.63) is 59.9 Å². The largest absolute Gasteiger partial charge is 0.354 e. The highest BCUT2D eigenvalue weighted by Crippen LogP contribution is 2.21. The van der Waals surface area contributed by atoms with Crippen LogP contribution in [0.3, 0.4) is 0 Å². The number of amides is 4. The van der Waals surface area contributed by atoms with Crippen molar-refractivity contribution in [3.8, 4) is 11.1 Å². The molecule has 31 heavy (non-hydrogen) atoms. The highest BCUT2D eigenvalue weighted by Gasteiger charge is 2.42. The number of imide groups is 1. The maximum absolute atomic E-state index is 13.4. The molecule has 2 aromatic carbocycles. The quantitative estimate of drug-likeness (QED) is 0.291. The molecule has 1 unspecified atom stereocenters. The predicted molar refractivity (Wildman–Crippen MR) is 109 cm³/mol. The molecule has 0 aliphatic carbocycles. The smallest absolute Gasteiger partial charge is 0.325 e. The molecule has 3 rings (SSSR count). The molecule has 1 atom stereocenters. The Kier molecular flexibility index (Phi) is 6.98. The van der Waals surface area contributed by atoms with Gasteiger partial charge in [-0.15, -0.1) is 0 Å². The first-order chi connectivity index (χ1) is 14.8. The second-order valence-corrected chi connectivity index (χ2v) is 7.53. The summed E-state index contributed by atoms with van der Waals surface area (Å²) in [5, 5.41) is 12.9. The van der Waals surface area contributed by atoms with Crippen molar-refractivity contribution in [2.45, 2.75) is 26.5 Å². The van der Waals surface area contributed by atoms with Crippen LogP contribution in [0.1, 0.15) is 19.4 Å². The van der Waals surface area contributed by atoms with E-state index in [4.69, 9.17) is 4.74 Å². The zero-order chi connectivity index (χ0) is 22.5. The number of carbonyl (C=O) groups excluding carboxylic acids is 3. The third-order valence-corrected chi connectivity index (χ3v) is 4.89. The Morgan fingerprint density at radius 3 is 2.48 bits per heavy atom. The van der Waals surface area contributed by atoms with Gasteiger partial charge in [-0.2, -0.15) is 5.06 Å². The lowest BCUT2D eigenvalue weighted by Crippen LogP contribution is -2.53. The molecule has 0 aromatic heterocycles. The summed E-state index contributed by atoms with van der Waals surface area (Å²) in [5.41, 5.74) is 2.38. The van der Waals surface area contributed by atoms with Crippen molar-refractivity contribution in [1.82, 2.24) is 15.3 Å². The lowest BCUT2D eigenvalue weighted by atomic mass is 10.0. The molecule has 1 heterocycles. The zero-order valence-electron chi connectivity index (χ0n) is 17.2. The van der Waals surface area contributed by atoms with E-state index in [1.807, 2.05) is 12.1 Å². The molecule has 0 radical (unpaired) electrons. The minimum atomic E-state index is -1.13. The minimum absolute atomic E-state index is 0.114. The van der Waals surface area contributed by atoms with E-state index < -0.39 is 36.5 Å². The molecule has 1 aliphatic heterocycles. The van der Waals surface area contributed by atoms with Gasteiger partial charge >= 0.3 is 6.03 Å². The van der Waals surface area contributed by atoms with Crippen LogP contribution < -0.4 is 5.32 Å². The Bertz CT molecular complexity index is 948. The van der Waals surface area contributed by atoms with Crippen molar-refractivity contribution in [2.75, 3.05) is 13.3 Å². The summed E-state index contributed by atoms with van der Waals surface area (Å²) in [6.45, 7) is 2.86. The summed E-state index contributed by atoms with van der Waals surface area (Å²) in [4.78, 5) is 37.3. The van der Waals surface area contributed by atoms with Crippen LogP contribution in [0.4, 0.5) is 9.18 Å². The number of benzene rings is 2. The molecule has 1 aliphatic rings. The first-order valence-electron chi connectivity index (χ1n) is 9.80. The van der Waals surface area contributed by atoms with E-state index in [9.17, 15) is 24.0 Å². The second-order valence-electron chi connectivity index (χ2n) is 7.53. The molecule has 2 aromatic rings. The summed E-state index contributed by atoms with van der Waals surface area (Å²) in [7, 11) is 0. The maximum Gasteiger partial charge on any atom is 0.325 e. The Morgan fingerprint density at radius 2 is 1.90 bits per heavy atom. The van der Waals surface area contributed by atoms with Gasteiger partial charge in [-0.05, 0) is 34.7 Å². The lowest BCUT2D eigenvalue weighted by Gasteiger charge is -2.29. The van der Waals surface area contributed by atoms with Crippen LogP contribution in [0.2, 0.25) is 0 Å². The fourth-order valence-corrected chi connectivity index (χ4v) is 3.34. The molecule has 1 fully saturated rings. The van der Waals surface area contributed by atoms with E-state index in [1.165, 1.54) is 12.1 Å². The van der Waals surface area contributed by atoms with Gasteiger partial charge in [0.2, 0.25) is 0 Å². The summed E-state index contributed by atoms with van der Waals surface area (Å²) >= 11 is 0. The molecule has 4 amide bonds. The molecule has 0 bridgehead atoms. The van der Waals surface area contributed by atoms with E-state index in [1.54, 1.807) is 38.1 Å². The van der Waals surface area contributed by atoms with E-state index >= 15 is 0 Å². The highest BCUT2D eigenvalue weighted by molar-refractivity contribution is 6.05. The number of halogens is 1. The normalized spacial score (nSPS) is 14.7. The number of ether oxygens (including phenoxy) is 1. The van der Waals surface area contributed by atoms with Crippen LogP contribution in [0.15, 0.2) is 48.5 Å². The monoisotopic (exact) mass is 429 g/mol. The number of urea groups is 1. The number of hydroxylamine groups is 2. The van der Waals surface area contributed by atoms with Gasteiger partial charge in [0.1, 0.15) is 18.6 Å². The van der Waals surface area contributed by atoms with Gasteiger partial charge in [0.25, 0.3) is 11.8 Å². The van der Waals surface area contributed by atoms with Crippen LogP contribution in [-0.4, -0.2) is 52.3 Å². The maximum atomic E-state index is 13.4. The second kappa shape index (κ2) is 9.67. The van der Waals surface area contributed by atoms with Gasteiger partial charge in [0.15, 0.2) is 0 Å². The number of hydrogen-bond acceptors (Lipinski definition) is 5. The third-order valence-electron chi connectivity index (χ3n) is 4.89. The fraction of sp³-hybridized carbons (Fsp3) is 0.318. The average Bonchev–Trinajstić information content (AvgIpc) is 3.06. The molecular weight excluding hydrogens is 405 g/mol. The van der Waals surface area contributed by atoms with Crippen molar-refractivity contribution in [2.24, 2.45) is 5.92 Å². The Hall–Kier alpha value is -3.30. The van der Waals surface area contributed by atoms with Crippen molar-refractivity contribution in [3.63, 3.8) is 0 Å². The molecule has 0 saturated carbocycles. The minimum Gasteiger partial charge on any atom is -0.354 e. The molecule has 9 heteroatoms. The molecular formula is C22H24FN3O5. The summed E-state index contributed by atoms with van der Waals surface area (Å²) in [6, 6.07) is 11.7. The summed E-state index contributed by atoms with van der Waals surface area (Å²) in [5.74, 6) is -2.04. The Morgan fingerprint density at radius 1 is 1.19 bits per heavy atom. The van der Waals surface area contributed by atoms with Crippen LogP contribution in [0.5, 0.6) is 0 Å². The predicted octanol–water partition coefficient (Wildman–Crippen LogP) is 2.76. The van der Waals surface area contributed by atoms with Crippen molar-refractivity contribution < 1.29 is 28.7 Å². The Balaban J connectivity index is 1.56. The van der Waals surface area contributed by atoms with Crippen molar-refractivity contribution in [1.29, 1.82) is 0 Å². The molecule has 1 saturated heterocycles. The van der Waals surface area contributed by atoms with Crippen LogP contribution in [0, 0.1) is 11.7 Å². The highest BCUT2D eigenvalue weighted by atomic mass is 19.1. The number of hydrogen-bond donors (Lipinski definition) is 2. The first kappa shape index (κ1) is 22.4. The topological polar surface area (TPSA) is 99.2 Å². The number of carbonyl (C=O) groups is 3. The van der Waals surface area contributed by atoms with Gasteiger partial charge in [0, 0.05) is 0 Å². The van der Waals surface area contributed by atoms with Crippen LogP contribution in [-0.2, 0) is 20.9 Å². The average molecular weight is 429 g/mol. The van der Waals surface area contributed by atoms with Gasteiger partial charge in [-0.3, -0.25) is 14.8 Å². The van der Waals surface area contributed by atoms with Gasteiger partial charge in [0.05, 0.1) is 13.2 Å². The SMILES string of the molecule is CC(C)C(C(=O)N(O)COCc1ccc(-c2cccc(F)c2)cc1)N1C(=O)CNC1=O. The molecule has 2 N–H and O–H groups in total. The van der Waals surface area contributed by atoms with E-state index in [-0.39, 0.29) is 19.0 Å². The van der Waals surface area contributed by atoms with Gasteiger partial charge in [-0.1, -0.05) is 50.2 Å². The zero-order valence-corrected chi connectivity index (χ0v) is 17.2. The van der Waals surface area contributed by atoms with Gasteiger partial charge in [-0.25, -0.2) is 14.1 Å². The van der Waals surface area contributed by atoms with Crippen LogP contribution in [0.25, 0.3) is 11.1 Å². The molecule has 0 spiro atoms. The number of nitrogens with one attached hydrogen (secondary N) is 1. The first-order valence-corrected chi connectivity index (χ1v) is 9.80. The van der Waals surface area contributed by atoms with Gasteiger partial charge < -0.3 is 10.1 Å². The molecule has 164 valence electrons. The summed E-state index contributed by atoms with van der Waals surface area (Å²) in [6.07, 6.45) is 0. The number of rotatable bonds is 8. The lowest BCUT2D eigenvalue weighted by molar-refractivity contribution is -0.195. The van der Waals surface area contributed by atoms with Crippen LogP contribution >= 0.6 is 0 Å². The summed E-state index contributed by atoms with van der Waals surface area (Å²) < 4.78 is 18.8. The Labute approximate surface area is 179 Å². The van der Waals surface area contributed by atoms with E-state index in [0.29, 0.717) is 5.06 Å². The third kappa shape index (κ3) is 5.25. The van der Waals surface area contributed by atoms with E-state index in [0.717, 1.165) is 21.6 Å². The molecule has 8 nitrogen and oxygen atoms in total.